The molecule has 1 aromatic heterocycles. The molecule has 0 bridgehead atoms. The number of benzene rings is 1. The minimum atomic E-state index is -0.884. The molecule has 0 aliphatic carbocycles. The zero-order valence-electron chi connectivity index (χ0n) is 13.5. The molecule has 0 saturated carbocycles. The number of carbonyl (C=O) groups is 2. The van der Waals surface area contributed by atoms with Crippen LogP contribution in [-0.2, 0) is 16.6 Å². The number of carboxylic acids is 1. The van der Waals surface area contributed by atoms with E-state index in [1.165, 1.54) is 0 Å². The molecule has 1 heterocycles. The first-order chi connectivity index (χ1) is 10.8. The molecule has 0 spiro atoms. The quantitative estimate of drug-likeness (QED) is 0.908. The van der Waals surface area contributed by atoms with Crippen LogP contribution in [0.2, 0.25) is 0 Å². The molecule has 23 heavy (non-hydrogen) atoms. The standard InChI is InChI=1S/C18H20N2O3/c1-18(2,3)13-6-9-15(19-11-13)17(23)20-14-7-4-12(5-8-14)10-16(21)22/h4-9,11H,10H2,1-3H3,(H,20,23)(H,21,22). The number of aliphatic carboxylic acids is 1. The van der Waals surface area contributed by atoms with Crippen molar-refractivity contribution in [3.63, 3.8) is 0 Å². The summed E-state index contributed by atoms with van der Waals surface area (Å²) in [6.07, 6.45) is 1.68. The number of nitrogens with zero attached hydrogens (tertiary/aromatic N) is 1. The Kier molecular flexibility index (Phi) is 4.79. The Balaban J connectivity index is 2.05. The minimum absolute atomic E-state index is 0.0119. The van der Waals surface area contributed by atoms with E-state index >= 15 is 0 Å². The third-order valence-electron chi connectivity index (χ3n) is 3.43. The van der Waals surface area contributed by atoms with E-state index in [0.29, 0.717) is 16.9 Å². The topological polar surface area (TPSA) is 79.3 Å². The summed E-state index contributed by atoms with van der Waals surface area (Å²) < 4.78 is 0. The second kappa shape index (κ2) is 6.60. The lowest BCUT2D eigenvalue weighted by Crippen LogP contribution is -2.16. The third kappa shape index (κ3) is 4.64. The first-order valence-electron chi connectivity index (χ1n) is 7.34. The van der Waals surface area contributed by atoms with Crippen molar-refractivity contribution in [1.29, 1.82) is 0 Å². The number of amides is 1. The molecule has 0 fully saturated rings. The molecule has 0 aliphatic heterocycles. The van der Waals surface area contributed by atoms with Crippen molar-refractivity contribution >= 4 is 17.6 Å². The van der Waals surface area contributed by atoms with Crippen LogP contribution in [-0.4, -0.2) is 22.0 Å². The Morgan fingerprint density at radius 1 is 1.09 bits per heavy atom. The summed E-state index contributed by atoms with van der Waals surface area (Å²) in [7, 11) is 0. The van der Waals surface area contributed by atoms with Gasteiger partial charge in [0, 0.05) is 11.9 Å². The lowest BCUT2D eigenvalue weighted by Gasteiger charge is -2.18. The molecule has 2 rings (SSSR count). The Labute approximate surface area is 135 Å². The molecule has 0 aliphatic rings. The van der Waals surface area contributed by atoms with Gasteiger partial charge >= 0.3 is 5.97 Å². The van der Waals surface area contributed by atoms with Gasteiger partial charge in [-0.1, -0.05) is 39.0 Å². The van der Waals surface area contributed by atoms with Crippen molar-refractivity contribution < 1.29 is 14.7 Å². The normalized spacial score (nSPS) is 11.1. The molecule has 0 saturated heterocycles. The number of anilines is 1. The van der Waals surface area contributed by atoms with E-state index in [1.807, 2.05) is 6.07 Å². The van der Waals surface area contributed by atoms with Crippen LogP contribution in [0.5, 0.6) is 0 Å². The number of carbonyl (C=O) groups excluding carboxylic acids is 1. The number of hydrogen-bond donors (Lipinski definition) is 2. The van der Waals surface area contributed by atoms with E-state index in [9.17, 15) is 9.59 Å². The summed E-state index contributed by atoms with van der Waals surface area (Å²) in [5.41, 5.74) is 2.68. The number of carboxylic acid groups (broad SMARTS) is 1. The maximum absolute atomic E-state index is 12.2. The summed E-state index contributed by atoms with van der Waals surface area (Å²) >= 11 is 0. The van der Waals surface area contributed by atoms with Gasteiger partial charge in [-0.3, -0.25) is 14.6 Å². The molecular formula is C18H20N2O3. The summed E-state index contributed by atoms with van der Waals surface area (Å²) in [4.78, 5) is 27.0. The molecule has 5 nitrogen and oxygen atoms in total. The molecule has 0 unspecified atom stereocenters. The average molecular weight is 312 g/mol. The van der Waals surface area contributed by atoms with E-state index in [-0.39, 0.29) is 17.7 Å². The highest BCUT2D eigenvalue weighted by molar-refractivity contribution is 6.02. The minimum Gasteiger partial charge on any atom is -0.481 e. The van der Waals surface area contributed by atoms with Gasteiger partial charge in [0.25, 0.3) is 5.91 Å². The number of rotatable bonds is 4. The third-order valence-corrected chi connectivity index (χ3v) is 3.43. The fraction of sp³-hybridized carbons (Fsp3) is 0.278. The van der Waals surface area contributed by atoms with Crippen molar-refractivity contribution in [2.45, 2.75) is 32.6 Å². The van der Waals surface area contributed by atoms with Crippen LogP contribution in [0.25, 0.3) is 0 Å². The van der Waals surface area contributed by atoms with Crippen LogP contribution < -0.4 is 5.32 Å². The van der Waals surface area contributed by atoms with Crippen molar-refractivity contribution in [2.24, 2.45) is 0 Å². The molecule has 0 radical (unpaired) electrons. The van der Waals surface area contributed by atoms with Crippen LogP contribution in [0, 0.1) is 0 Å². The lowest BCUT2D eigenvalue weighted by molar-refractivity contribution is -0.136. The van der Waals surface area contributed by atoms with Crippen LogP contribution in [0.3, 0.4) is 0 Å². The maximum Gasteiger partial charge on any atom is 0.307 e. The molecule has 1 amide bonds. The highest BCUT2D eigenvalue weighted by Crippen LogP contribution is 2.21. The molecule has 0 atom stereocenters. The predicted octanol–water partition coefficient (Wildman–Crippen LogP) is 3.26. The predicted molar refractivity (Wildman–Crippen MR) is 88.7 cm³/mol. The first kappa shape index (κ1) is 16.7. The van der Waals surface area contributed by atoms with E-state index in [1.54, 1.807) is 36.5 Å². The molecule has 2 N–H and O–H groups in total. The van der Waals surface area contributed by atoms with Crippen LogP contribution >= 0.6 is 0 Å². The fourth-order valence-electron chi connectivity index (χ4n) is 2.05. The zero-order chi connectivity index (χ0) is 17.0. The number of hydrogen-bond acceptors (Lipinski definition) is 3. The van der Waals surface area contributed by atoms with Gasteiger partial charge in [-0.25, -0.2) is 0 Å². The summed E-state index contributed by atoms with van der Waals surface area (Å²) in [6.45, 7) is 6.26. The van der Waals surface area contributed by atoms with Gasteiger partial charge in [-0.05, 0) is 34.7 Å². The van der Waals surface area contributed by atoms with Crippen molar-refractivity contribution in [2.75, 3.05) is 5.32 Å². The van der Waals surface area contributed by atoms with Crippen molar-refractivity contribution in [1.82, 2.24) is 4.98 Å². The average Bonchev–Trinajstić information content (AvgIpc) is 2.48. The van der Waals surface area contributed by atoms with E-state index in [2.05, 4.69) is 31.1 Å². The van der Waals surface area contributed by atoms with E-state index < -0.39 is 5.97 Å². The van der Waals surface area contributed by atoms with E-state index in [0.717, 1.165) is 5.56 Å². The zero-order valence-corrected chi connectivity index (χ0v) is 13.5. The number of pyridine rings is 1. The first-order valence-corrected chi connectivity index (χ1v) is 7.34. The second-order valence-corrected chi connectivity index (χ2v) is 6.40. The van der Waals surface area contributed by atoms with E-state index in [4.69, 9.17) is 5.11 Å². The van der Waals surface area contributed by atoms with Gasteiger partial charge in [0.2, 0.25) is 0 Å². The van der Waals surface area contributed by atoms with Crippen LogP contribution in [0.4, 0.5) is 5.69 Å². The summed E-state index contributed by atoms with van der Waals surface area (Å²) in [5, 5.41) is 11.5. The molecule has 120 valence electrons. The van der Waals surface area contributed by atoms with Gasteiger partial charge in [0.05, 0.1) is 6.42 Å². The SMILES string of the molecule is CC(C)(C)c1ccc(C(=O)Nc2ccc(CC(=O)O)cc2)nc1. The van der Waals surface area contributed by atoms with Crippen LogP contribution in [0.15, 0.2) is 42.6 Å². The Morgan fingerprint density at radius 2 is 1.74 bits per heavy atom. The van der Waals surface area contributed by atoms with Gasteiger partial charge in [0.1, 0.15) is 5.69 Å². The van der Waals surface area contributed by atoms with Crippen LogP contribution in [0.1, 0.15) is 42.4 Å². The van der Waals surface area contributed by atoms with Crippen molar-refractivity contribution in [3.05, 3.63) is 59.4 Å². The Hall–Kier alpha value is -2.69. The second-order valence-electron chi connectivity index (χ2n) is 6.40. The monoisotopic (exact) mass is 312 g/mol. The smallest absolute Gasteiger partial charge is 0.307 e. The lowest BCUT2D eigenvalue weighted by atomic mass is 9.88. The maximum atomic E-state index is 12.2. The summed E-state index contributed by atoms with van der Waals surface area (Å²) in [5.74, 6) is -1.18. The number of aromatic nitrogens is 1. The Bertz CT molecular complexity index is 699. The molecule has 2 aromatic rings. The van der Waals surface area contributed by atoms with Crippen molar-refractivity contribution in [3.8, 4) is 0 Å². The van der Waals surface area contributed by atoms with Gasteiger partial charge in [-0.2, -0.15) is 0 Å². The fourth-order valence-corrected chi connectivity index (χ4v) is 2.05. The highest BCUT2D eigenvalue weighted by atomic mass is 16.4. The molecular weight excluding hydrogens is 292 g/mol. The Morgan fingerprint density at radius 3 is 2.22 bits per heavy atom. The molecule has 1 aromatic carbocycles. The molecule has 5 heteroatoms. The number of nitrogens with one attached hydrogen (secondary N) is 1. The van der Waals surface area contributed by atoms with Gasteiger partial charge < -0.3 is 10.4 Å². The summed E-state index contributed by atoms with van der Waals surface area (Å²) in [6, 6.07) is 10.3. The highest BCUT2D eigenvalue weighted by Gasteiger charge is 2.15. The van der Waals surface area contributed by atoms with Gasteiger partial charge in [0.15, 0.2) is 0 Å². The largest absolute Gasteiger partial charge is 0.481 e. The van der Waals surface area contributed by atoms with Gasteiger partial charge in [-0.15, -0.1) is 0 Å².